The summed E-state index contributed by atoms with van der Waals surface area (Å²) in [4.78, 5) is 14.9. The zero-order chi connectivity index (χ0) is 10.1. The summed E-state index contributed by atoms with van der Waals surface area (Å²) in [6.45, 7) is 4.92. The van der Waals surface area contributed by atoms with Crippen molar-refractivity contribution in [3.8, 4) is 0 Å². The lowest BCUT2D eigenvalue weighted by Crippen LogP contribution is -2.45. The van der Waals surface area contributed by atoms with Crippen LogP contribution in [0.15, 0.2) is 4.79 Å². The molecule has 1 fully saturated rings. The van der Waals surface area contributed by atoms with E-state index in [0.717, 1.165) is 30.1 Å². The smallest absolute Gasteiger partial charge is 0.263 e. The Bertz CT molecular complexity index is 370. The molecule has 5 heteroatoms. The van der Waals surface area contributed by atoms with E-state index in [9.17, 15) is 4.79 Å². The highest BCUT2D eigenvalue weighted by atomic mass is 32.1. The number of aryl methyl sites for hydroxylation is 1. The number of H-pyrrole nitrogens is 1. The minimum Gasteiger partial charge on any atom is -0.307 e. The first-order chi connectivity index (χ1) is 6.68. The van der Waals surface area contributed by atoms with Crippen LogP contribution in [-0.4, -0.2) is 36.0 Å². The van der Waals surface area contributed by atoms with Crippen molar-refractivity contribution in [2.24, 2.45) is 0 Å². The van der Waals surface area contributed by atoms with Crippen molar-refractivity contribution in [1.82, 2.24) is 14.6 Å². The SMILES string of the molecule is Cc1s[nH]c(=O)c1C1CN(C)CCN1. The summed E-state index contributed by atoms with van der Waals surface area (Å²) in [5, 5.41) is 3.38. The highest BCUT2D eigenvalue weighted by Gasteiger charge is 2.23. The van der Waals surface area contributed by atoms with E-state index in [0.29, 0.717) is 0 Å². The van der Waals surface area contributed by atoms with Crippen LogP contribution in [0.2, 0.25) is 0 Å². The molecule has 0 radical (unpaired) electrons. The number of hydrogen-bond acceptors (Lipinski definition) is 4. The molecule has 1 saturated heterocycles. The maximum Gasteiger partial charge on any atom is 0.263 e. The van der Waals surface area contributed by atoms with Crippen LogP contribution in [0.25, 0.3) is 0 Å². The number of piperazine rings is 1. The zero-order valence-electron chi connectivity index (χ0n) is 8.46. The van der Waals surface area contributed by atoms with Gasteiger partial charge in [-0.25, -0.2) is 0 Å². The molecule has 1 unspecified atom stereocenters. The Morgan fingerprint density at radius 2 is 2.36 bits per heavy atom. The normalized spacial score (nSPS) is 24.0. The lowest BCUT2D eigenvalue weighted by atomic mass is 10.1. The van der Waals surface area contributed by atoms with Crippen LogP contribution in [-0.2, 0) is 0 Å². The molecule has 0 bridgehead atoms. The van der Waals surface area contributed by atoms with Crippen molar-refractivity contribution in [2.45, 2.75) is 13.0 Å². The molecular weight excluding hydrogens is 198 g/mol. The summed E-state index contributed by atoms with van der Waals surface area (Å²) in [6.07, 6.45) is 0. The number of rotatable bonds is 1. The molecule has 1 atom stereocenters. The van der Waals surface area contributed by atoms with Gasteiger partial charge < -0.3 is 10.2 Å². The van der Waals surface area contributed by atoms with Gasteiger partial charge in [-0.3, -0.25) is 9.17 Å². The minimum absolute atomic E-state index is 0.0697. The van der Waals surface area contributed by atoms with Gasteiger partial charge in [-0.05, 0) is 14.0 Å². The Kier molecular flexibility index (Phi) is 2.71. The fourth-order valence-electron chi connectivity index (χ4n) is 1.89. The van der Waals surface area contributed by atoms with Gasteiger partial charge in [-0.15, -0.1) is 0 Å². The van der Waals surface area contributed by atoms with Gasteiger partial charge in [-0.1, -0.05) is 11.5 Å². The van der Waals surface area contributed by atoms with E-state index in [2.05, 4.69) is 21.6 Å². The maximum atomic E-state index is 11.5. The fraction of sp³-hybridized carbons (Fsp3) is 0.667. The van der Waals surface area contributed by atoms with Gasteiger partial charge in [0.15, 0.2) is 0 Å². The maximum absolute atomic E-state index is 11.5. The summed E-state index contributed by atoms with van der Waals surface area (Å²) in [5.41, 5.74) is 0.988. The molecule has 0 saturated carbocycles. The van der Waals surface area contributed by atoms with E-state index in [1.54, 1.807) is 0 Å². The summed E-state index contributed by atoms with van der Waals surface area (Å²) in [7, 11) is 2.09. The average molecular weight is 213 g/mol. The standard InChI is InChI=1S/C9H15N3OS/c1-6-8(9(13)11-14-6)7-5-12(2)4-3-10-7/h7,10H,3-5H2,1-2H3,(H,11,13). The van der Waals surface area contributed by atoms with Gasteiger partial charge in [0.05, 0.1) is 11.6 Å². The highest BCUT2D eigenvalue weighted by Crippen LogP contribution is 2.18. The Morgan fingerprint density at radius 3 is 2.93 bits per heavy atom. The zero-order valence-corrected chi connectivity index (χ0v) is 9.28. The molecule has 0 aromatic carbocycles. The first-order valence-corrected chi connectivity index (χ1v) is 5.60. The Balaban J connectivity index is 2.26. The number of hydrogen-bond donors (Lipinski definition) is 2. The Hall–Kier alpha value is -0.650. The van der Waals surface area contributed by atoms with Crippen LogP contribution < -0.4 is 10.9 Å². The summed E-state index contributed by atoms with van der Waals surface area (Å²) in [6, 6.07) is 0.198. The number of aromatic nitrogens is 1. The van der Waals surface area contributed by atoms with Crippen molar-refractivity contribution in [2.75, 3.05) is 26.7 Å². The van der Waals surface area contributed by atoms with Gasteiger partial charge >= 0.3 is 0 Å². The Morgan fingerprint density at radius 1 is 1.57 bits per heavy atom. The molecule has 1 aromatic heterocycles. The van der Waals surface area contributed by atoms with Crippen LogP contribution in [0.1, 0.15) is 16.5 Å². The van der Waals surface area contributed by atoms with Crippen molar-refractivity contribution < 1.29 is 0 Å². The third-order valence-electron chi connectivity index (χ3n) is 2.65. The van der Waals surface area contributed by atoms with E-state index in [-0.39, 0.29) is 11.6 Å². The van der Waals surface area contributed by atoms with E-state index >= 15 is 0 Å². The number of nitrogens with zero attached hydrogens (tertiary/aromatic N) is 1. The molecule has 78 valence electrons. The van der Waals surface area contributed by atoms with Crippen LogP contribution >= 0.6 is 11.5 Å². The first kappa shape index (κ1) is 9.89. The molecule has 14 heavy (non-hydrogen) atoms. The monoisotopic (exact) mass is 213 g/mol. The van der Waals surface area contributed by atoms with E-state index in [1.807, 2.05) is 6.92 Å². The summed E-state index contributed by atoms with van der Waals surface area (Å²) >= 11 is 1.43. The van der Waals surface area contributed by atoms with Gasteiger partial charge in [-0.2, -0.15) is 0 Å². The van der Waals surface area contributed by atoms with Crippen LogP contribution in [0.3, 0.4) is 0 Å². The van der Waals surface area contributed by atoms with E-state index in [1.165, 1.54) is 11.5 Å². The van der Waals surface area contributed by atoms with Crippen LogP contribution in [0, 0.1) is 6.92 Å². The highest BCUT2D eigenvalue weighted by molar-refractivity contribution is 7.05. The van der Waals surface area contributed by atoms with Crippen LogP contribution in [0.4, 0.5) is 0 Å². The second-order valence-electron chi connectivity index (χ2n) is 3.77. The van der Waals surface area contributed by atoms with Crippen molar-refractivity contribution in [1.29, 1.82) is 0 Å². The van der Waals surface area contributed by atoms with Gasteiger partial charge in [0.1, 0.15) is 0 Å². The number of aromatic amines is 1. The third-order valence-corrected chi connectivity index (χ3v) is 3.46. The Labute approximate surface area is 87.1 Å². The first-order valence-electron chi connectivity index (χ1n) is 4.78. The largest absolute Gasteiger partial charge is 0.307 e. The fourth-order valence-corrected chi connectivity index (χ4v) is 2.59. The quantitative estimate of drug-likeness (QED) is 0.706. The predicted octanol–water partition coefficient (Wildman–Crippen LogP) is 0.321. The van der Waals surface area contributed by atoms with Crippen molar-refractivity contribution in [3.63, 3.8) is 0 Å². The van der Waals surface area contributed by atoms with Crippen molar-refractivity contribution >= 4 is 11.5 Å². The average Bonchev–Trinajstić information content (AvgIpc) is 2.46. The van der Waals surface area contributed by atoms with E-state index in [4.69, 9.17) is 0 Å². The molecule has 0 spiro atoms. The molecule has 1 aliphatic heterocycles. The van der Waals surface area contributed by atoms with Gasteiger partial charge in [0.25, 0.3) is 5.56 Å². The summed E-state index contributed by atoms with van der Waals surface area (Å²) < 4.78 is 2.78. The molecule has 0 amide bonds. The third kappa shape index (κ3) is 1.75. The second kappa shape index (κ2) is 3.84. The lowest BCUT2D eigenvalue weighted by Gasteiger charge is -2.30. The number of likely N-dealkylation sites (N-methyl/N-ethyl adjacent to an activating group) is 1. The topological polar surface area (TPSA) is 48.1 Å². The van der Waals surface area contributed by atoms with Gasteiger partial charge in [0.2, 0.25) is 0 Å². The van der Waals surface area contributed by atoms with Crippen molar-refractivity contribution in [3.05, 3.63) is 20.8 Å². The molecule has 4 nitrogen and oxygen atoms in total. The van der Waals surface area contributed by atoms with Gasteiger partial charge in [0, 0.05) is 24.5 Å². The minimum atomic E-state index is 0.0697. The molecule has 1 aromatic rings. The predicted molar refractivity (Wildman–Crippen MR) is 57.9 cm³/mol. The molecule has 1 aliphatic rings. The molecule has 2 heterocycles. The second-order valence-corrected chi connectivity index (χ2v) is 4.79. The molecule has 2 rings (SSSR count). The summed E-state index contributed by atoms with van der Waals surface area (Å²) in [5.74, 6) is 0. The van der Waals surface area contributed by atoms with E-state index < -0.39 is 0 Å². The number of nitrogens with one attached hydrogen (secondary N) is 2. The molecule has 2 N–H and O–H groups in total. The molecule has 0 aliphatic carbocycles. The van der Waals surface area contributed by atoms with Crippen LogP contribution in [0.5, 0.6) is 0 Å². The molecular formula is C9H15N3OS. The lowest BCUT2D eigenvalue weighted by molar-refractivity contribution is 0.240.